The van der Waals surface area contributed by atoms with E-state index in [1.807, 2.05) is 4.68 Å². The lowest BCUT2D eigenvalue weighted by atomic mass is 9.98. The first-order valence-corrected chi connectivity index (χ1v) is 8.09. The van der Waals surface area contributed by atoms with Crippen molar-refractivity contribution in [2.45, 2.75) is 64.5 Å². The van der Waals surface area contributed by atoms with Gasteiger partial charge < -0.3 is 10.1 Å². The van der Waals surface area contributed by atoms with Crippen molar-refractivity contribution < 1.29 is 4.74 Å². The van der Waals surface area contributed by atoms with E-state index < -0.39 is 0 Å². The van der Waals surface area contributed by atoms with Gasteiger partial charge in [-0.25, -0.2) is 0 Å². The predicted octanol–water partition coefficient (Wildman–Crippen LogP) is 2.46. The first kappa shape index (κ1) is 15.5. The van der Waals surface area contributed by atoms with Gasteiger partial charge in [-0.15, -0.1) is 0 Å². The van der Waals surface area contributed by atoms with Gasteiger partial charge in [0.1, 0.15) is 0 Å². The van der Waals surface area contributed by atoms with Gasteiger partial charge in [0, 0.05) is 31.8 Å². The van der Waals surface area contributed by atoms with Gasteiger partial charge in [0.05, 0.1) is 11.8 Å². The maximum Gasteiger partial charge on any atom is 0.0624 e. The summed E-state index contributed by atoms with van der Waals surface area (Å²) in [4.78, 5) is 0. The predicted molar refractivity (Wildman–Crippen MR) is 82.0 cm³/mol. The zero-order chi connectivity index (χ0) is 14.4. The van der Waals surface area contributed by atoms with Gasteiger partial charge in [-0.05, 0) is 44.7 Å². The summed E-state index contributed by atoms with van der Waals surface area (Å²) in [6, 6.07) is 2.73. The van der Waals surface area contributed by atoms with Crippen LogP contribution < -0.4 is 5.32 Å². The molecule has 0 amide bonds. The highest BCUT2D eigenvalue weighted by Gasteiger charge is 2.20. The van der Waals surface area contributed by atoms with Crippen LogP contribution in [0.15, 0.2) is 6.07 Å². The van der Waals surface area contributed by atoms with Crippen LogP contribution >= 0.6 is 0 Å². The number of nitrogens with zero attached hydrogens (tertiary/aromatic N) is 2. The molecule has 2 rings (SSSR count). The Kier molecular flexibility index (Phi) is 6.05. The van der Waals surface area contributed by atoms with Crippen LogP contribution in [-0.2, 0) is 24.6 Å². The molecule has 114 valence electrons. The summed E-state index contributed by atoms with van der Waals surface area (Å²) in [5, 5.41) is 8.16. The molecule has 2 unspecified atom stereocenters. The van der Waals surface area contributed by atoms with Crippen molar-refractivity contribution in [2.24, 2.45) is 7.05 Å². The molecule has 0 saturated carbocycles. The second-order valence-electron chi connectivity index (χ2n) is 5.79. The molecular formula is C16H29N3O. The molecule has 0 aromatic carbocycles. The Balaban J connectivity index is 1.94. The van der Waals surface area contributed by atoms with E-state index in [1.54, 1.807) is 0 Å². The smallest absolute Gasteiger partial charge is 0.0624 e. The maximum atomic E-state index is 5.89. The quantitative estimate of drug-likeness (QED) is 0.833. The third kappa shape index (κ3) is 4.32. The summed E-state index contributed by atoms with van der Waals surface area (Å²) in [5.74, 6) is 0. The van der Waals surface area contributed by atoms with Gasteiger partial charge in [-0.2, -0.15) is 5.10 Å². The fourth-order valence-electron chi connectivity index (χ4n) is 3.03. The lowest BCUT2D eigenvalue weighted by Crippen LogP contribution is -2.36. The minimum absolute atomic E-state index is 0.437. The lowest BCUT2D eigenvalue weighted by Gasteiger charge is -2.27. The first-order valence-electron chi connectivity index (χ1n) is 8.09. The van der Waals surface area contributed by atoms with E-state index in [0.717, 1.165) is 32.4 Å². The topological polar surface area (TPSA) is 39.1 Å². The van der Waals surface area contributed by atoms with E-state index in [9.17, 15) is 0 Å². The number of hydrogen-bond donors (Lipinski definition) is 1. The Labute approximate surface area is 122 Å². The largest absolute Gasteiger partial charge is 0.378 e. The minimum atomic E-state index is 0.437. The standard InChI is InChI=1S/C16H29N3O/c1-4-13-10-15(19(3)18-13)11-14(17-5-2)12-16-8-6-7-9-20-16/h10,14,16-17H,4-9,11-12H2,1-3H3. The maximum absolute atomic E-state index is 5.89. The van der Waals surface area contributed by atoms with Crippen LogP contribution in [0.3, 0.4) is 0 Å². The van der Waals surface area contributed by atoms with Crippen LogP contribution in [0, 0.1) is 0 Å². The summed E-state index contributed by atoms with van der Waals surface area (Å²) in [6.45, 7) is 6.28. The second-order valence-corrected chi connectivity index (χ2v) is 5.79. The Bertz CT molecular complexity index is 396. The Morgan fingerprint density at radius 3 is 2.90 bits per heavy atom. The number of rotatable bonds is 7. The number of nitrogens with one attached hydrogen (secondary N) is 1. The monoisotopic (exact) mass is 279 g/mol. The van der Waals surface area contributed by atoms with Crippen LogP contribution in [-0.4, -0.2) is 35.1 Å². The molecule has 2 heterocycles. The Morgan fingerprint density at radius 1 is 1.45 bits per heavy atom. The zero-order valence-electron chi connectivity index (χ0n) is 13.2. The van der Waals surface area contributed by atoms with E-state index in [2.05, 4.69) is 37.4 Å². The fourth-order valence-corrected chi connectivity index (χ4v) is 3.03. The van der Waals surface area contributed by atoms with Crippen LogP contribution in [0.25, 0.3) is 0 Å². The van der Waals surface area contributed by atoms with Gasteiger partial charge in [0.2, 0.25) is 0 Å². The van der Waals surface area contributed by atoms with Crippen molar-refractivity contribution in [3.8, 4) is 0 Å². The molecule has 20 heavy (non-hydrogen) atoms. The lowest BCUT2D eigenvalue weighted by molar-refractivity contribution is 0.00525. The van der Waals surface area contributed by atoms with Crippen molar-refractivity contribution in [3.63, 3.8) is 0 Å². The Morgan fingerprint density at radius 2 is 2.30 bits per heavy atom. The average Bonchev–Trinajstić information content (AvgIpc) is 2.81. The number of likely N-dealkylation sites (N-methyl/N-ethyl adjacent to an activating group) is 1. The number of hydrogen-bond acceptors (Lipinski definition) is 3. The molecule has 0 aliphatic carbocycles. The van der Waals surface area contributed by atoms with Crippen LogP contribution in [0.1, 0.15) is 50.9 Å². The summed E-state index contributed by atoms with van der Waals surface area (Å²) < 4.78 is 7.92. The SMILES string of the molecule is CCNC(Cc1cc(CC)nn1C)CC1CCCCO1. The molecular weight excluding hydrogens is 250 g/mol. The summed E-state index contributed by atoms with van der Waals surface area (Å²) >= 11 is 0. The average molecular weight is 279 g/mol. The molecule has 0 bridgehead atoms. The molecule has 0 spiro atoms. The third-order valence-corrected chi connectivity index (χ3v) is 4.16. The van der Waals surface area contributed by atoms with E-state index in [0.29, 0.717) is 12.1 Å². The zero-order valence-corrected chi connectivity index (χ0v) is 13.2. The first-order chi connectivity index (χ1) is 9.72. The molecule has 1 saturated heterocycles. The fraction of sp³-hybridized carbons (Fsp3) is 0.812. The molecule has 1 fully saturated rings. The van der Waals surface area contributed by atoms with Crippen molar-refractivity contribution >= 4 is 0 Å². The molecule has 4 heteroatoms. The number of aryl methyl sites for hydroxylation is 2. The van der Waals surface area contributed by atoms with Crippen molar-refractivity contribution in [1.29, 1.82) is 0 Å². The van der Waals surface area contributed by atoms with E-state index in [4.69, 9.17) is 4.74 Å². The molecule has 1 aromatic heterocycles. The Hall–Kier alpha value is -0.870. The van der Waals surface area contributed by atoms with Crippen molar-refractivity contribution in [1.82, 2.24) is 15.1 Å². The second kappa shape index (κ2) is 7.79. The summed E-state index contributed by atoms with van der Waals surface area (Å²) in [5.41, 5.74) is 2.51. The molecule has 1 N–H and O–H groups in total. The van der Waals surface area contributed by atoms with E-state index in [1.165, 1.54) is 30.7 Å². The number of ether oxygens (including phenoxy) is 1. The van der Waals surface area contributed by atoms with Crippen LogP contribution in [0.4, 0.5) is 0 Å². The van der Waals surface area contributed by atoms with Crippen molar-refractivity contribution in [3.05, 3.63) is 17.5 Å². The minimum Gasteiger partial charge on any atom is -0.378 e. The normalized spacial score (nSPS) is 21.1. The van der Waals surface area contributed by atoms with Gasteiger partial charge in [0.15, 0.2) is 0 Å². The molecule has 1 aliphatic heterocycles. The highest BCUT2D eigenvalue weighted by Crippen LogP contribution is 2.19. The molecule has 1 aromatic rings. The molecule has 1 aliphatic rings. The van der Waals surface area contributed by atoms with Crippen molar-refractivity contribution in [2.75, 3.05) is 13.2 Å². The third-order valence-electron chi connectivity index (χ3n) is 4.16. The van der Waals surface area contributed by atoms with Crippen LogP contribution in [0.5, 0.6) is 0 Å². The molecule has 2 atom stereocenters. The van der Waals surface area contributed by atoms with Gasteiger partial charge in [-0.3, -0.25) is 4.68 Å². The summed E-state index contributed by atoms with van der Waals surface area (Å²) in [7, 11) is 2.05. The van der Waals surface area contributed by atoms with Gasteiger partial charge >= 0.3 is 0 Å². The highest BCUT2D eigenvalue weighted by molar-refractivity contribution is 5.11. The number of aromatic nitrogens is 2. The van der Waals surface area contributed by atoms with E-state index >= 15 is 0 Å². The van der Waals surface area contributed by atoms with Gasteiger partial charge in [-0.1, -0.05) is 13.8 Å². The molecule has 0 radical (unpaired) electrons. The molecule has 4 nitrogen and oxygen atoms in total. The van der Waals surface area contributed by atoms with Gasteiger partial charge in [0.25, 0.3) is 0 Å². The van der Waals surface area contributed by atoms with E-state index in [-0.39, 0.29) is 0 Å². The highest BCUT2D eigenvalue weighted by atomic mass is 16.5. The summed E-state index contributed by atoms with van der Waals surface area (Å²) in [6.07, 6.45) is 7.35. The van der Waals surface area contributed by atoms with Crippen LogP contribution in [0.2, 0.25) is 0 Å².